The van der Waals surface area contributed by atoms with Crippen LogP contribution in [0.4, 0.5) is 30.2 Å². The van der Waals surface area contributed by atoms with Gasteiger partial charge in [-0.1, -0.05) is 0 Å². The standard InChI is InChI=1S/C20H14F3N3O3S2/c21-20(22,23)12-3-6-14(25-13-4-1-11(10-24)2-5-13)15(9-12)26-18(27)16-17(19(28)29)31-8-7-30-16/h1-6,9,25H,7-8H2,(H,26,27)(H,28,29). The number of alkyl halides is 3. The van der Waals surface area contributed by atoms with E-state index in [-0.39, 0.29) is 21.2 Å². The van der Waals surface area contributed by atoms with Gasteiger partial charge in [0.25, 0.3) is 5.91 Å². The van der Waals surface area contributed by atoms with Crippen LogP contribution in [-0.2, 0) is 15.8 Å². The Bertz CT molecular complexity index is 1090. The zero-order valence-electron chi connectivity index (χ0n) is 15.6. The van der Waals surface area contributed by atoms with Gasteiger partial charge in [0.2, 0.25) is 0 Å². The second-order valence-electron chi connectivity index (χ2n) is 6.19. The lowest BCUT2D eigenvalue weighted by molar-refractivity contribution is -0.137. The predicted molar refractivity (Wildman–Crippen MR) is 114 cm³/mol. The fourth-order valence-electron chi connectivity index (χ4n) is 2.64. The summed E-state index contributed by atoms with van der Waals surface area (Å²) in [6.07, 6.45) is -4.63. The average Bonchev–Trinajstić information content (AvgIpc) is 2.74. The first-order valence-corrected chi connectivity index (χ1v) is 10.7. The van der Waals surface area contributed by atoms with Crippen LogP contribution in [0.3, 0.4) is 0 Å². The van der Waals surface area contributed by atoms with Gasteiger partial charge in [-0.3, -0.25) is 4.79 Å². The van der Waals surface area contributed by atoms with Crippen LogP contribution < -0.4 is 10.6 Å². The van der Waals surface area contributed by atoms with Gasteiger partial charge in [0.05, 0.1) is 33.5 Å². The zero-order valence-corrected chi connectivity index (χ0v) is 17.2. The molecule has 0 saturated heterocycles. The van der Waals surface area contributed by atoms with E-state index in [9.17, 15) is 27.9 Å². The second-order valence-corrected chi connectivity index (χ2v) is 8.40. The van der Waals surface area contributed by atoms with Crippen molar-refractivity contribution >= 4 is 52.5 Å². The van der Waals surface area contributed by atoms with Crippen molar-refractivity contribution in [3.63, 3.8) is 0 Å². The highest BCUT2D eigenvalue weighted by atomic mass is 32.2. The van der Waals surface area contributed by atoms with Gasteiger partial charge < -0.3 is 15.7 Å². The van der Waals surface area contributed by atoms with Crippen LogP contribution in [0.1, 0.15) is 11.1 Å². The molecule has 1 aliphatic heterocycles. The number of rotatable bonds is 5. The summed E-state index contributed by atoms with van der Waals surface area (Å²) in [7, 11) is 0. The molecule has 0 radical (unpaired) electrons. The summed E-state index contributed by atoms with van der Waals surface area (Å²) in [5.74, 6) is -1.04. The number of carbonyl (C=O) groups is 2. The first-order valence-electron chi connectivity index (χ1n) is 8.72. The second kappa shape index (κ2) is 9.36. The quantitative estimate of drug-likeness (QED) is 0.569. The largest absolute Gasteiger partial charge is 0.477 e. The Labute approximate surface area is 183 Å². The Hall–Kier alpha value is -3.10. The first-order chi connectivity index (χ1) is 14.7. The number of carbonyl (C=O) groups excluding carboxylic acids is 1. The number of nitrogens with zero attached hydrogens (tertiary/aromatic N) is 1. The van der Waals surface area contributed by atoms with Crippen LogP contribution in [-0.4, -0.2) is 28.5 Å². The molecule has 0 atom stereocenters. The highest BCUT2D eigenvalue weighted by molar-refractivity contribution is 8.11. The molecule has 0 spiro atoms. The van der Waals surface area contributed by atoms with Crippen LogP contribution >= 0.6 is 23.5 Å². The summed E-state index contributed by atoms with van der Waals surface area (Å²) in [6, 6.07) is 11.0. The number of halogens is 3. The van der Waals surface area contributed by atoms with Gasteiger partial charge >= 0.3 is 12.1 Å². The van der Waals surface area contributed by atoms with E-state index < -0.39 is 23.6 Å². The lowest BCUT2D eigenvalue weighted by Crippen LogP contribution is -2.20. The number of anilines is 3. The maximum Gasteiger partial charge on any atom is 0.416 e. The lowest BCUT2D eigenvalue weighted by Gasteiger charge is -2.19. The number of hydrogen-bond donors (Lipinski definition) is 3. The van der Waals surface area contributed by atoms with Gasteiger partial charge in [-0.2, -0.15) is 18.4 Å². The molecule has 2 aromatic carbocycles. The van der Waals surface area contributed by atoms with E-state index in [2.05, 4.69) is 10.6 Å². The molecule has 3 rings (SSSR count). The number of nitrogens with one attached hydrogen (secondary N) is 2. The number of nitriles is 1. The molecule has 0 saturated carbocycles. The third-order valence-corrected chi connectivity index (χ3v) is 6.62. The SMILES string of the molecule is N#Cc1ccc(Nc2ccc(C(F)(F)F)cc2NC(=O)C2=C(C(=O)O)SCCS2)cc1. The van der Waals surface area contributed by atoms with E-state index in [4.69, 9.17) is 5.26 Å². The average molecular weight is 465 g/mol. The summed E-state index contributed by atoms with van der Waals surface area (Å²) in [5, 5.41) is 23.5. The minimum absolute atomic E-state index is 0.0505. The number of aliphatic carboxylic acids is 1. The van der Waals surface area contributed by atoms with Crippen molar-refractivity contribution in [3.05, 3.63) is 63.4 Å². The monoisotopic (exact) mass is 465 g/mol. The first kappa shape index (κ1) is 22.6. The van der Waals surface area contributed by atoms with Crippen molar-refractivity contribution in [2.45, 2.75) is 6.18 Å². The molecular weight excluding hydrogens is 451 g/mol. The number of carboxylic acids is 1. The van der Waals surface area contributed by atoms with E-state index in [1.165, 1.54) is 18.2 Å². The van der Waals surface area contributed by atoms with Gasteiger partial charge in [0.15, 0.2) is 0 Å². The Morgan fingerprint density at radius 1 is 1.00 bits per heavy atom. The molecule has 1 heterocycles. The summed E-state index contributed by atoms with van der Waals surface area (Å²) in [5.41, 5.74) is -0.0466. The van der Waals surface area contributed by atoms with Crippen molar-refractivity contribution in [1.29, 1.82) is 5.26 Å². The van der Waals surface area contributed by atoms with Crippen LogP contribution in [0.2, 0.25) is 0 Å². The molecule has 0 unspecified atom stereocenters. The maximum absolute atomic E-state index is 13.2. The molecule has 0 aliphatic carbocycles. The Balaban J connectivity index is 1.96. The van der Waals surface area contributed by atoms with E-state index >= 15 is 0 Å². The van der Waals surface area contributed by atoms with Crippen molar-refractivity contribution < 1.29 is 27.9 Å². The number of thioether (sulfide) groups is 2. The molecule has 0 aromatic heterocycles. The van der Waals surface area contributed by atoms with E-state index in [1.54, 1.807) is 12.1 Å². The third-order valence-electron chi connectivity index (χ3n) is 4.07. The van der Waals surface area contributed by atoms with Gasteiger partial charge in [-0.25, -0.2) is 4.79 Å². The van der Waals surface area contributed by atoms with Gasteiger partial charge in [0.1, 0.15) is 4.91 Å². The van der Waals surface area contributed by atoms with E-state index in [1.807, 2.05) is 6.07 Å². The molecule has 0 fully saturated rings. The van der Waals surface area contributed by atoms with Crippen LogP contribution in [0, 0.1) is 11.3 Å². The zero-order chi connectivity index (χ0) is 22.6. The van der Waals surface area contributed by atoms with Crippen molar-refractivity contribution in [2.75, 3.05) is 22.1 Å². The molecule has 0 bridgehead atoms. The molecule has 11 heteroatoms. The summed E-state index contributed by atoms with van der Waals surface area (Å²) >= 11 is 2.06. The van der Waals surface area contributed by atoms with Gasteiger partial charge in [-0.05, 0) is 42.5 Å². The topological polar surface area (TPSA) is 102 Å². The normalized spacial score (nSPS) is 14.0. The Kier molecular flexibility index (Phi) is 6.82. The predicted octanol–water partition coefficient (Wildman–Crippen LogP) is 5.04. The van der Waals surface area contributed by atoms with Crippen molar-refractivity contribution in [2.24, 2.45) is 0 Å². The number of amides is 1. The van der Waals surface area contributed by atoms with Crippen LogP contribution in [0.15, 0.2) is 52.3 Å². The van der Waals surface area contributed by atoms with Crippen molar-refractivity contribution in [3.8, 4) is 6.07 Å². The van der Waals surface area contributed by atoms with E-state index in [0.717, 1.165) is 35.7 Å². The minimum atomic E-state index is -4.63. The number of benzene rings is 2. The molecule has 31 heavy (non-hydrogen) atoms. The van der Waals surface area contributed by atoms with Crippen LogP contribution in [0.25, 0.3) is 0 Å². The summed E-state index contributed by atoms with van der Waals surface area (Å²) in [4.78, 5) is 23.9. The fraction of sp³-hybridized carbons (Fsp3) is 0.150. The smallest absolute Gasteiger partial charge is 0.416 e. The molecule has 1 aliphatic rings. The van der Waals surface area contributed by atoms with Gasteiger partial charge in [0, 0.05) is 17.2 Å². The molecular formula is C20H14F3N3O3S2. The molecule has 3 N–H and O–H groups in total. The number of carboxylic acid groups (broad SMARTS) is 1. The minimum Gasteiger partial charge on any atom is -0.477 e. The number of hydrogen-bond acceptors (Lipinski definition) is 6. The van der Waals surface area contributed by atoms with Crippen LogP contribution in [0.5, 0.6) is 0 Å². The highest BCUT2D eigenvalue weighted by Crippen LogP contribution is 2.38. The highest BCUT2D eigenvalue weighted by Gasteiger charge is 2.32. The lowest BCUT2D eigenvalue weighted by atomic mass is 10.1. The Morgan fingerprint density at radius 2 is 1.65 bits per heavy atom. The van der Waals surface area contributed by atoms with Crippen molar-refractivity contribution in [1.82, 2.24) is 0 Å². The maximum atomic E-state index is 13.2. The molecule has 2 aromatic rings. The molecule has 1 amide bonds. The molecule has 160 valence electrons. The Morgan fingerprint density at radius 3 is 2.23 bits per heavy atom. The van der Waals surface area contributed by atoms with Gasteiger partial charge in [-0.15, -0.1) is 23.5 Å². The summed E-state index contributed by atoms with van der Waals surface area (Å²) in [6.45, 7) is 0. The molecule has 6 nitrogen and oxygen atoms in total. The fourth-order valence-corrected chi connectivity index (χ4v) is 4.82. The van der Waals surface area contributed by atoms with E-state index in [0.29, 0.717) is 22.8 Å². The summed E-state index contributed by atoms with van der Waals surface area (Å²) < 4.78 is 39.6. The third kappa shape index (κ3) is 5.53.